The highest BCUT2D eigenvalue weighted by Crippen LogP contribution is 2.28. The Hall–Kier alpha value is -2.44. The lowest BCUT2D eigenvalue weighted by molar-refractivity contribution is 0.0955. The van der Waals surface area contributed by atoms with Gasteiger partial charge in [-0.2, -0.15) is 0 Å². The Balaban J connectivity index is 1.73. The molecule has 3 aromatic rings. The van der Waals surface area contributed by atoms with Crippen LogP contribution in [0.4, 0.5) is 0 Å². The topological polar surface area (TPSA) is 63.2 Å². The number of nitrogens with one attached hydrogen (secondary N) is 1. The summed E-state index contributed by atoms with van der Waals surface area (Å²) in [6, 6.07) is 17.6. The molecule has 1 amide bonds. The van der Waals surface area contributed by atoms with Crippen molar-refractivity contribution in [2.45, 2.75) is 29.5 Å². The number of amides is 1. The second kappa shape index (κ2) is 7.43. The number of rotatable bonds is 5. The SMILES string of the molecule is Cc1ccc(CNC(=O)c2ccc(S(=O)(=O)c3ccc(C)cc3)s2)cc1. The molecular weight excluding hydrogens is 366 g/mol. The summed E-state index contributed by atoms with van der Waals surface area (Å²) in [7, 11) is -3.60. The van der Waals surface area contributed by atoms with Crippen LogP contribution in [0.3, 0.4) is 0 Å². The van der Waals surface area contributed by atoms with Gasteiger partial charge in [0.25, 0.3) is 5.91 Å². The average molecular weight is 386 g/mol. The van der Waals surface area contributed by atoms with Gasteiger partial charge in [-0.25, -0.2) is 8.42 Å². The summed E-state index contributed by atoms with van der Waals surface area (Å²) in [6.45, 7) is 4.30. The smallest absolute Gasteiger partial charge is 0.261 e. The van der Waals surface area contributed by atoms with Crippen molar-refractivity contribution in [2.75, 3.05) is 0 Å². The summed E-state index contributed by atoms with van der Waals surface area (Å²) in [5.74, 6) is -0.277. The number of aryl methyl sites for hydroxylation is 2. The first kappa shape index (κ1) is 18.4. The van der Waals surface area contributed by atoms with E-state index in [1.807, 2.05) is 38.1 Å². The molecule has 1 N–H and O–H groups in total. The van der Waals surface area contributed by atoms with Crippen LogP contribution >= 0.6 is 11.3 Å². The highest BCUT2D eigenvalue weighted by Gasteiger charge is 2.21. The van der Waals surface area contributed by atoms with Crippen molar-refractivity contribution in [2.24, 2.45) is 0 Å². The minimum atomic E-state index is -3.60. The van der Waals surface area contributed by atoms with Gasteiger partial charge >= 0.3 is 0 Å². The molecule has 3 rings (SSSR count). The van der Waals surface area contributed by atoms with Crippen LogP contribution in [-0.2, 0) is 16.4 Å². The minimum Gasteiger partial charge on any atom is -0.347 e. The van der Waals surface area contributed by atoms with Crippen LogP contribution in [0, 0.1) is 13.8 Å². The predicted molar refractivity (Wildman–Crippen MR) is 103 cm³/mol. The van der Waals surface area contributed by atoms with Gasteiger partial charge in [-0.05, 0) is 43.7 Å². The van der Waals surface area contributed by atoms with Crippen LogP contribution in [0.15, 0.2) is 69.8 Å². The molecule has 0 aliphatic rings. The average Bonchev–Trinajstić information content (AvgIpc) is 3.12. The van der Waals surface area contributed by atoms with Gasteiger partial charge in [0, 0.05) is 6.54 Å². The second-order valence-corrected chi connectivity index (χ2v) is 9.36. The number of sulfone groups is 1. The molecular formula is C20H19NO3S2. The Bertz CT molecular complexity index is 1020. The van der Waals surface area contributed by atoms with Gasteiger partial charge in [0.15, 0.2) is 0 Å². The van der Waals surface area contributed by atoms with Gasteiger partial charge in [-0.3, -0.25) is 4.79 Å². The van der Waals surface area contributed by atoms with Crippen LogP contribution in [0.5, 0.6) is 0 Å². The number of carbonyl (C=O) groups is 1. The van der Waals surface area contributed by atoms with E-state index in [9.17, 15) is 13.2 Å². The number of hydrogen-bond acceptors (Lipinski definition) is 4. The Labute approximate surface area is 157 Å². The number of carbonyl (C=O) groups excluding carboxylic acids is 1. The van der Waals surface area contributed by atoms with Crippen LogP contribution < -0.4 is 5.32 Å². The van der Waals surface area contributed by atoms with E-state index >= 15 is 0 Å². The number of hydrogen-bond donors (Lipinski definition) is 1. The van der Waals surface area contributed by atoms with E-state index in [1.54, 1.807) is 30.3 Å². The summed E-state index contributed by atoms with van der Waals surface area (Å²) >= 11 is 0.985. The maximum atomic E-state index is 12.7. The van der Waals surface area contributed by atoms with Gasteiger partial charge in [0.2, 0.25) is 9.84 Å². The van der Waals surface area contributed by atoms with Crippen molar-refractivity contribution in [1.29, 1.82) is 0 Å². The van der Waals surface area contributed by atoms with Gasteiger partial charge in [-0.1, -0.05) is 47.5 Å². The van der Waals surface area contributed by atoms with E-state index in [0.29, 0.717) is 11.4 Å². The lowest BCUT2D eigenvalue weighted by Gasteiger charge is -2.04. The Morgan fingerprint density at radius 1 is 0.885 bits per heavy atom. The summed E-state index contributed by atoms with van der Waals surface area (Å²) < 4.78 is 25.5. The molecule has 0 spiro atoms. The molecule has 0 aliphatic heterocycles. The van der Waals surface area contributed by atoms with Crippen molar-refractivity contribution in [3.8, 4) is 0 Å². The molecule has 0 bridgehead atoms. The maximum absolute atomic E-state index is 12.7. The molecule has 1 aromatic heterocycles. The molecule has 0 aliphatic carbocycles. The predicted octanol–water partition coefficient (Wildman–Crippen LogP) is 4.13. The fourth-order valence-corrected chi connectivity index (χ4v) is 5.02. The zero-order chi connectivity index (χ0) is 18.7. The molecule has 0 radical (unpaired) electrons. The van der Waals surface area contributed by atoms with Crippen molar-refractivity contribution >= 4 is 27.1 Å². The highest BCUT2D eigenvalue weighted by atomic mass is 32.2. The van der Waals surface area contributed by atoms with E-state index in [0.717, 1.165) is 28.0 Å². The second-order valence-electron chi connectivity index (χ2n) is 6.10. The fourth-order valence-electron chi connectivity index (χ4n) is 2.40. The quantitative estimate of drug-likeness (QED) is 0.718. The molecule has 1 heterocycles. The molecule has 4 nitrogen and oxygen atoms in total. The van der Waals surface area contributed by atoms with E-state index in [2.05, 4.69) is 5.32 Å². The summed E-state index contributed by atoms with van der Waals surface area (Å²) in [5.41, 5.74) is 3.14. The molecule has 6 heteroatoms. The zero-order valence-electron chi connectivity index (χ0n) is 14.5. The van der Waals surface area contributed by atoms with Crippen molar-refractivity contribution in [1.82, 2.24) is 5.32 Å². The molecule has 134 valence electrons. The third-order valence-electron chi connectivity index (χ3n) is 3.97. The normalized spacial score (nSPS) is 11.3. The van der Waals surface area contributed by atoms with Crippen LogP contribution in [0.1, 0.15) is 26.4 Å². The lowest BCUT2D eigenvalue weighted by atomic mass is 10.1. The molecule has 0 unspecified atom stereocenters. The minimum absolute atomic E-state index is 0.168. The van der Waals surface area contributed by atoms with Crippen molar-refractivity contribution in [3.63, 3.8) is 0 Å². The Morgan fingerprint density at radius 3 is 2.08 bits per heavy atom. The number of benzene rings is 2. The van der Waals surface area contributed by atoms with E-state index in [4.69, 9.17) is 0 Å². The third kappa shape index (κ3) is 4.03. The van der Waals surface area contributed by atoms with Gasteiger partial charge in [0.1, 0.15) is 4.21 Å². The molecule has 2 aromatic carbocycles. The maximum Gasteiger partial charge on any atom is 0.261 e. The molecule has 0 saturated heterocycles. The Morgan fingerprint density at radius 2 is 1.46 bits per heavy atom. The standard InChI is InChI=1S/C20H19NO3S2/c1-14-3-7-16(8-4-14)13-21-20(22)18-11-12-19(25-18)26(23,24)17-9-5-15(2)6-10-17/h3-12H,13H2,1-2H3,(H,21,22). The van der Waals surface area contributed by atoms with Crippen molar-refractivity contribution < 1.29 is 13.2 Å². The summed E-state index contributed by atoms with van der Waals surface area (Å²) in [5, 5.41) is 2.82. The molecule has 0 atom stereocenters. The summed E-state index contributed by atoms with van der Waals surface area (Å²) in [4.78, 5) is 12.9. The van der Waals surface area contributed by atoms with E-state index < -0.39 is 9.84 Å². The largest absolute Gasteiger partial charge is 0.347 e. The first-order chi connectivity index (χ1) is 12.4. The monoisotopic (exact) mass is 385 g/mol. The summed E-state index contributed by atoms with van der Waals surface area (Å²) in [6.07, 6.45) is 0. The van der Waals surface area contributed by atoms with Gasteiger partial charge in [-0.15, -0.1) is 11.3 Å². The fraction of sp³-hybridized carbons (Fsp3) is 0.150. The van der Waals surface area contributed by atoms with Crippen LogP contribution in [0.25, 0.3) is 0 Å². The van der Waals surface area contributed by atoms with Crippen molar-refractivity contribution in [3.05, 3.63) is 82.2 Å². The van der Waals surface area contributed by atoms with E-state index in [1.165, 1.54) is 6.07 Å². The molecule has 0 saturated carbocycles. The van der Waals surface area contributed by atoms with Crippen LogP contribution in [0.2, 0.25) is 0 Å². The Kier molecular flexibility index (Phi) is 5.25. The van der Waals surface area contributed by atoms with Gasteiger partial charge < -0.3 is 5.32 Å². The van der Waals surface area contributed by atoms with Crippen LogP contribution in [-0.4, -0.2) is 14.3 Å². The molecule has 26 heavy (non-hydrogen) atoms. The first-order valence-electron chi connectivity index (χ1n) is 8.11. The first-order valence-corrected chi connectivity index (χ1v) is 10.4. The number of thiophene rings is 1. The van der Waals surface area contributed by atoms with E-state index in [-0.39, 0.29) is 15.0 Å². The zero-order valence-corrected chi connectivity index (χ0v) is 16.2. The lowest BCUT2D eigenvalue weighted by Crippen LogP contribution is -2.21. The van der Waals surface area contributed by atoms with Gasteiger partial charge in [0.05, 0.1) is 9.77 Å². The third-order valence-corrected chi connectivity index (χ3v) is 7.32. The molecule has 0 fully saturated rings. The highest BCUT2D eigenvalue weighted by molar-refractivity contribution is 7.93.